The van der Waals surface area contributed by atoms with Gasteiger partial charge < -0.3 is 10.6 Å². The van der Waals surface area contributed by atoms with E-state index in [1.807, 2.05) is 50.2 Å². The van der Waals surface area contributed by atoms with Crippen molar-refractivity contribution in [3.63, 3.8) is 0 Å². The lowest BCUT2D eigenvalue weighted by Crippen LogP contribution is -2.34. The molecule has 4 nitrogen and oxygen atoms in total. The normalized spacial score (nSPS) is 10.4. The molecule has 0 radical (unpaired) electrons. The van der Waals surface area contributed by atoms with Crippen molar-refractivity contribution in [2.24, 2.45) is 0 Å². The van der Waals surface area contributed by atoms with Crippen LogP contribution in [0.1, 0.15) is 11.1 Å². The molecule has 0 atom stereocenters. The summed E-state index contributed by atoms with van der Waals surface area (Å²) >= 11 is 3.15. The van der Waals surface area contributed by atoms with Crippen LogP contribution in [-0.4, -0.2) is 16.6 Å². The van der Waals surface area contributed by atoms with E-state index in [0.29, 0.717) is 11.4 Å². The van der Waals surface area contributed by atoms with Gasteiger partial charge in [0.25, 0.3) is 0 Å². The molecule has 0 aliphatic rings. The fourth-order valence-corrected chi connectivity index (χ4v) is 2.17. The molecule has 2 aromatic rings. The van der Waals surface area contributed by atoms with Crippen LogP contribution in [0.5, 0.6) is 0 Å². The standard InChI is InChI=1S/C17H17BrN2O2/c1-11-7-3-5-9-13(11)19-16(21)15(18)17(22)20-14-10-6-4-8-12(14)2/h3-10,15H,1-2H3,(H,19,21)(H,20,22). The minimum Gasteiger partial charge on any atom is -0.324 e. The van der Waals surface area contributed by atoms with Gasteiger partial charge in [-0.3, -0.25) is 9.59 Å². The molecule has 0 aromatic heterocycles. The molecule has 2 amide bonds. The molecule has 22 heavy (non-hydrogen) atoms. The Labute approximate surface area is 138 Å². The van der Waals surface area contributed by atoms with Crippen LogP contribution in [0.2, 0.25) is 0 Å². The zero-order valence-corrected chi connectivity index (χ0v) is 14.0. The summed E-state index contributed by atoms with van der Waals surface area (Å²) in [6, 6.07) is 14.8. The van der Waals surface area contributed by atoms with Crippen molar-refractivity contribution in [1.82, 2.24) is 0 Å². The second-order valence-electron chi connectivity index (χ2n) is 4.97. The summed E-state index contributed by atoms with van der Waals surface area (Å²) in [7, 11) is 0. The number of alkyl halides is 1. The zero-order valence-electron chi connectivity index (χ0n) is 12.4. The van der Waals surface area contributed by atoms with Crippen LogP contribution in [0, 0.1) is 13.8 Å². The van der Waals surface area contributed by atoms with E-state index in [2.05, 4.69) is 26.6 Å². The number of halogens is 1. The van der Waals surface area contributed by atoms with Gasteiger partial charge in [-0.1, -0.05) is 52.3 Å². The molecule has 2 N–H and O–H groups in total. The van der Waals surface area contributed by atoms with Gasteiger partial charge in [-0.05, 0) is 37.1 Å². The highest BCUT2D eigenvalue weighted by Gasteiger charge is 2.24. The third-order valence-electron chi connectivity index (χ3n) is 3.27. The van der Waals surface area contributed by atoms with Gasteiger partial charge in [-0.25, -0.2) is 0 Å². The number of anilines is 2. The molecule has 0 saturated carbocycles. The van der Waals surface area contributed by atoms with Crippen molar-refractivity contribution >= 4 is 39.1 Å². The zero-order chi connectivity index (χ0) is 16.1. The van der Waals surface area contributed by atoms with E-state index in [9.17, 15) is 9.59 Å². The van der Waals surface area contributed by atoms with Crippen LogP contribution in [0.4, 0.5) is 11.4 Å². The fraction of sp³-hybridized carbons (Fsp3) is 0.176. The molecule has 0 bridgehead atoms. The monoisotopic (exact) mass is 360 g/mol. The minimum atomic E-state index is -0.966. The molecule has 0 fully saturated rings. The lowest BCUT2D eigenvalue weighted by molar-refractivity contribution is -0.122. The van der Waals surface area contributed by atoms with Crippen molar-refractivity contribution in [2.45, 2.75) is 18.7 Å². The van der Waals surface area contributed by atoms with Crippen molar-refractivity contribution in [3.8, 4) is 0 Å². The Hall–Kier alpha value is -2.14. The van der Waals surface area contributed by atoms with Crippen LogP contribution in [0.15, 0.2) is 48.5 Å². The molecular formula is C17H17BrN2O2. The molecule has 0 aliphatic heterocycles. The fourth-order valence-electron chi connectivity index (χ4n) is 1.94. The van der Waals surface area contributed by atoms with Gasteiger partial charge in [0.2, 0.25) is 11.8 Å². The number of benzene rings is 2. The van der Waals surface area contributed by atoms with E-state index < -0.39 is 16.6 Å². The summed E-state index contributed by atoms with van der Waals surface area (Å²) in [5.74, 6) is -0.805. The first-order valence-corrected chi connectivity index (χ1v) is 7.77. The van der Waals surface area contributed by atoms with Crippen molar-refractivity contribution in [1.29, 1.82) is 0 Å². The van der Waals surface area contributed by atoms with Gasteiger partial charge in [0.15, 0.2) is 4.83 Å². The van der Waals surface area contributed by atoms with Crippen LogP contribution < -0.4 is 10.6 Å². The maximum Gasteiger partial charge on any atom is 0.247 e. The van der Waals surface area contributed by atoms with Crippen LogP contribution >= 0.6 is 15.9 Å². The summed E-state index contributed by atoms with van der Waals surface area (Å²) in [5.41, 5.74) is 3.27. The second-order valence-corrected chi connectivity index (χ2v) is 5.89. The predicted molar refractivity (Wildman–Crippen MR) is 92.3 cm³/mol. The van der Waals surface area contributed by atoms with Gasteiger partial charge in [-0.15, -0.1) is 0 Å². The maximum absolute atomic E-state index is 12.2. The third kappa shape index (κ3) is 3.95. The number of para-hydroxylation sites is 2. The van der Waals surface area contributed by atoms with E-state index >= 15 is 0 Å². The third-order valence-corrected chi connectivity index (χ3v) is 4.10. The quantitative estimate of drug-likeness (QED) is 0.645. The van der Waals surface area contributed by atoms with E-state index in [-0.39, 0.29) is 0 Å². The number of hydrogen-bond donors (Lipinski definition) is 2. The van der Waals surface area contributed by atoms with Crippen molar-refractivity contribution in [2.75, 3.05) is 10.6 Å². The Balaban J connectivity index is 2.03. The first kappa shape index (κ1) is 16.2. The molecular weight excluding hydrogens is 344 g/mol. The summed E-state index contributed by atoms with van der Waals surface area (Å²) in [6.07, 6.45) is 0. The molecule has 114 valence electrons. The highest BCUT2D eigenvalue weighted by Crippen LogP contribution is 2.17. The number of hydrogen-bond acceptors (Lipinski definition) is 2. The SMILES string of the molecule is Cc1ccccc1NC(=O)C(Br)C(=O)Nc1ccccc1C. The van der Waals surface area contributed by atoms with Crippen LogP contribution in [0.3, 0.4) is 0 Å². The minimum absolute atomic E-state index is 0.402. The van der Waals surface area contributed by atoms with Gasteiger partial charge in [0.1, 0.15) is 0 Å². The van der Waals surface area contributed by atoms with Gasteiger partial charge >= 0.3 is 0 Å². The summed E-state index contributed by atoms with van der Waals surface area (Å²) < 4.78 is 0. The van der Waals surface area contributed by atoms with Crippen LogP contribution in [0.25, 0.3) is 0 Å². The largest absolute Gasteiger partial charge is 0.324 e. The van der Waals surface area contributed by atoms with E-state index in [4.69, 9.17) is 0 Å². The van der Waals surface area contributed by atoms with E-state index in [1.54, 1.807) is 12.1 Å². The molecule has 0 aliphatic carbocycles. The summed E-state index contributed by atoms with van der Waals surface area (Å²) in [4.78, 5) is 23.4. The molecule has 0 unspecified atom stereocenters. The van der Waals surface area contributed by atoms with Crippen molar-refractivity contribution in [3.05, 3.63) is 59.7 Å². The lowest BCUT2D eigenvalue weighted by atomic mass is 10.2. The molecule has 0 heterocycles. The van der Waals surface area contributed by atoms with E-state index in [1.165, 1.54) is 0 Å². The number of rotatable bonds is 4. The topological polar surface area (TPSA) is 58.2 Å². The van der Waals surface area contributed by atoms with Gasteiger partial charge in [0, 0.05) is 11.4 Å². The number of aryl methyl sites for hydroxylation is 2. The summed E-state index contributed by atoms with van der Waals surface area (Å²) in [5, 5.41) is 5.49. The Morgan fingerprint density at radius 2 is 1.18 bits per heavy atom. The Morgan fingerprint density at radius 3 is 1.55 bits per heavy atom. The smallest absolute Gasteiger partial charge is 0.247 e. The Kier molecular flexibility index (Phi) is 5.33. The molecule has 0 saturated heterocycles. The highest BCUT2D eigenvalue weighted by atomic mass is 79.9. The lowest BCUT2D eigenvalue weighted by Gasteiger charge is -2.14. The summed E-state index contributed by atoms with van der Waals surface area (Å²) in [6.45, 7) is 3.79. The number of carbonyl (C=O) groups is 2. The predicted octanol–water partition coefficient (Wildman–Crippen LogP) is 3.64. The number of nitrogens with one attached hydrogen (secondary N) is 2. The first-order valence-electron chi connectivity index (χ1n) is 6.86. The van der Waals surface area contributed by atoms with Crippen molar-refractivity contribution < 1.29 is 9.59 Å². The first-order chi connectivity index (χ1) is 10.5. The maximum atomic E-state index is 12.2. The van der Waals surface area contributed by atoms with E-state index in [0.717, 1.165) is 11.1 Å². The molecule has 2 aromatic carbocycles. The van der Waals surface area contributed by atoms with Gasteiger partial charge in [-0.2, -0.15) is 0 Å². The Morgan fingerprint density at radius 1 is 0.818 bits per heavy atom. The highest BCUT2D eigenvalue weighted by molar-refractivity contribution is 9.10. The molecule has 5 heteroatoms. The number of amides is 2. The number of carbonyl (C=O) groups excluding carboxylic acids is 2. The average molecular weight is 361 g/mol. The van der Waals surface area contributed by atoms with Crippen LogP contribution in [-0.2, 0) is 9.59 Å². The van der Waals surface area contributed by atoms with Gasteiger partial charge in [0.05, 0.1) is 0 Å². The molecule has 0 spiro atoms. The average Bonchev–Trinajstić information content (AvgIpc) is 2.51. The second kappa shape index (κ2) is 7.22. The Bertz CT molecular complexity index is 641. The molecule has 2 rings (SSSR count).